The van der Waals surface area contributed by atoms with Crippen LogP contribution in [0.5, 0.6) is 0 Å². The number of rotatable bonds is 4. The number of hydrogen-bond acceptors (Lipinski definition) is 5. The molecule has 0 saturated carbocycles. The van der Waals surface area contributed by atoms with E-state index in [1.54, 1.807) is 20.8 Å². The van der Waals surface area contributed by atoms with Crippen molar-refractivity contribution in [3.05, 3.63) is 0 Å². The van der Waals surface area contributed by atoms with E-state index in [0.29, 0.717) is 0 Å². The second kappa shape index (κ2) is 5.67. The van der Waals surface area contributed by atoms with Gasteiger partial charge in [-0.2, -0.15) is 0 Å². The summed E-state index contributed by atoms with van der Waals surface area (Å²) < 4.78 is 10.4. The van der Waals surface area contributed by atoms with Crippen LogP contribution < -0.4 is 5.73 Å². The summed E-state index contributed by atoms with van der Waals surface area (Å²) in [7, 11) is 0. The number of aliphatic hydroxyl groups excluding tert-OH is 1. The third kappa shape index (κ3) is 3.20. The second-order valence-electron chi connectivity index (χ2n) is 5.10. The van der Waals surface area contributed by atoms with E-state index in [1.165, 1.54) is 0 Å². The van der Waals surface area contributed by atoms with Crippen molar-refractivity contribution in [3.8, 4) is 0 Å². The largest absolute Gasteiger partial charge is 0.466 e. The molecule has 1 heterocycles. The number of primary amides is 1. The first-order chi connectivity index (χ1) is 8.28. The first-order valence-electron chi connectivity index (χ1n) is 6.07. The fourth-order valence-electron chi connectivity index (χ4n) is 2.02. The van der Waals surface area contributed by atoms with Crippen molar-refractivity contribution in [2.24, 2.45) is 11.1 Å². The Labute approximate surface area is 106 Å². The van der Waals surface area contributed by atoms with Crippen molar-refractivity contribution in [1.82, 2.24) is 0 Å². The zero-order valence-corrected chi connectivity index (χ0v) is 11.0. The zero-order chi connectivity index (χ0) is 13.9. The molecule has 0 radical (unpaired) electrons. The topological polar surface area (TPSA) is 98.9 Å². The van der Waals surface area contributed by atoms with Crippen LogP contribution in [0.2, 0.25) is 0 Å². The summed E-state index contributed by atoms with van der Waals surface area (Å²) in [5, 5.41) is 10.0. The quantitative estimate of drug-likeness (QED) is 0.691. The van der Waals surface area contributed by atoms with Crippen molar-refractivity contribution >= 4 is 11.9 Å². The van der Waals surface area contributed by atoms with Crippen LogP contribution in [-0.4, -0.2) is 41.9 Å². The Balaban J connectivity index is 2.77. The molecule has 1 rings (SSSR count). The standard InChI is InChI=1S/C12H21NO5/c1-4-17-10(15)6-9-12(2,3)8(14)5-7(18-9)11(13)16/h7-9,14H,4-6H2,1-3H3,(H2,13,16)/t7-,8+,9+/m0/s1. The van der Waals surface area contributed by atoms with Crippen LogP contribution >= 0.6 is 0 Å². The lowest BCUT2D eigenvalue weighted by molar-refractivity contribution is -0.188. The van der Waals surface area contributed by atoms with E-state index >= 15 is 0 Å². The van der Waals surface area contributed by atoms with Gasteiger partial charge in [-0.15, -0.1) is 0 Å². The summed E-state index contributed by atoms with van der Waals surface area (Å²) in [6.45, 7) is 5.58. The molecule has 6 heteroatoms. The fraction of sp³-hybridized carbons (Fsp3) is 0.833. The van der Waals surface area contributed by atoms with Crippen LogP contribution in [0, 0.1) is 5.41 Å². The van der Waals surface area contributed by atoms with Gasteiger partial charge in [0, 0.05) is 11.8 Å². The van der Waals surface area contributed by atoms with Gasteiger partial charge < -0.3 is 20.3 Å². The van der Waals surface area contributed by atoms with Gasteiger partial charge in [0.05, 0.1) is 25.2 Å². The molecule has 1 aliphatic rings. The van der Waals surface area contributed by atoms with E-state index in [1.807, 2.05) is 0 Å². The summed E-state index contributed by atoms with van der Waals surface area (Å²) in [5.74, 6) is -1.04. The average Bonchev–Trinajstić information content (AvgIpc) is 2.25. The molecule has 0 aromatic rings. The van der Waals surface area contributed by atoms with E-state index in [4.69, 9.17) is 15.2 Å². The molecule has 18 heavy (non-hydrogen) atoms. The van der Waals surface area contributed by atoms with Gasteiger partial charge in [0.1, 0.15) is 6.10 Å². The lowest BCUT2D eigenvalue weighted by atomic mass is 9.75. The fourth-order valence-corrected chi connectivity index (χ4v) is 2.02. The van der Waals surface area contributed by atoms with Crippen molar-refractivity contribution < 1.29 is 24.2 Å². The number of nitrogens with two attached hydrogens (primary N) is 1. The summed E-state index contributed by atoms with van der Waals surface area (Å²) in [4.78, 5) is 22.6. The molecule has 3 N–H and O–H groups in total. The van der Waals surface area contributed by atoms with Crippen LogP contribution in [0.1, 0.15) is 33.6 Å². The van der Waals surface area contributed by atoms with Gasteiger partial charge in [-0.25, -0.2) is 0 Å². The monoisotopic (exact) mass is 259 g/mol. The smallest absolute Gasteiger partial charge is 0.308 e. The minimum absolute atomic E-state index is 0.00167. The molecule has 0 aromatic heterocycles. The Morgan fingerprint density at radius 1 is 1.50 bits per heavy atom. The Morgan fingerprint density at radius 3 is 2.61 bits per heavy atom. The Hall–Kier alpha value is -1.14. The third-order valence-corrected chi connectivity index (χ3v) is 3.43. The van der Waals surface area contributed by atoms with Gasteiger partial charge >= 0.3 is 5.97 Å². The molecule has 0 bridgehead atoms. The molecular weight excluding hydrogens is 238 g/mol. The maximum absolute atomic E-state index is 11.5. The van der Waals surface area contributed by atoms with E-state index in [-0.39, 0.29) is 19.4 Å². The lowest BCUT2D eigenvalue weighted by Crippen LogP contribution is -2.54. The molecule has 0 aromatic carbocycles. The van der Waals surface area contributed by atoms with Gasteiger partial charge in [-0.3, -0.25) is 9.59 Å². The summed E-state index contributed by atoms with van der Waals surface area (Å²) in [6, 6.07) is 0. The molecule has 1 aliphatic heterocycles. The van der Waals surface area contributed by atoms with Crippen LogP contribution in [0.15, 0.2) is 0 Å². The number of ether oxygens (including phenoxy) is 2. The van der Waals surface area contributed by atoms with E-state index < -0.39 is 35.6 Å². The van der Waals surface area contributed by atoms with Gasteiger partial charge in [-0.05, 0) is 6.92 Å². The maximum atomic E-state index is 11.5. The van der Waals surface area contributed by atoms with E-state index in [2.05, 4.69) is 0 Å². The molecule has 104 valence electrons. The Morgan fingerprint density at radius 2 is 2.11 bits per heavy atom. The predicted octanol–water partition coefficient (Wildman–Crippen LogP) is -0.0305. The van der Waals surface area contributed by atoms with Gasteiger partial charge in [0.25, 0.3) is 0 Å². The Kier molecular flexibility index (Phi) is 4.70. The minimum Gasteiger partial charge on any atom is -0.466 e. The van der Waals surface area contributed by atoms with E-state index in [9.17, 15) is 14.7 Å². The molecular formula is C12H21NO5. The number of esters is 1. The van der Waals surface area contributed by atoms with Gasteiger partial charge in [0.15, 0.2) is 0 Å². The third-order valence-electron chi connectivity index (χ3n) is 3.43. The number of carbonyl (C=O) groups excluding carboxylic acids is 2. The number of carbonyl (C=O) groups is 2. The van der Waals surface area contributed by atoms with Gasteiger partial charge in [-0.1, -0.05) is 13.8 Å². The molecule has 6 nitrogen and oxygen atoms in total. The maximum Gasteiger partial charge on any atom is 0.308 e. The molecule has 1 fully saturated rings. The van der Waals surface area contributed by atoms with Crippen LogP contribution in [-0.2, 0) is 19.1 Å². The summed E-state index contributed by atoms with van der Waals surface area (Å²) in [5.41, 5.74) is 4.55. The predicted molar refractivity (Wildman–Crippen MR) is 63.5 cm³/mol. The molecule has 0 unspecified atom stereocenters. The molecule has 0 aliphatic carbocycles. The second-order valence-corrected chi connectivity index (χ2v) is 5.10. The Bertz CT molecular complexity index is 328. The first kappa shape index (κ1) is 14.9. The number of aliphatic hydroxyl groups is 1. The normalized spacial score (nSPS) is 30.8. The highest BCUT2D eigenvalue weighted by Crippen LogP contribution is 2.38. The van der Waals surface area contributed by atoms with Crippen molar-refractivity contribution in [1.29, 1.82) is 0 Å². The highest BCUT2D eigenvalue weighted by Gasteiger charge is 2.46. The van der Waals surface area contributed by atoms with Gasteiger partial charge in [0.2, 0.25) is 5.91 Å². The van der Waals surface area contributed by atoms with Crippen molar-refractivity contribution in [2.75, 3.05) is 6.61 Å². The molecule has 0 spiro atoms. The minimum atomic E-state index is -0.854. The highest BCUT2D eigenvalue weighted by atomic mass is 16.5. The number of amides is 1. The van der Waals surface area contributed by atoms with Crippen LogP contribution in [0.4, 0.5) is 0 Å². The van der Waals surface area contributed by atoms with Crippen molar-refractivity contribution in [3.63, 3.8) is 0 Å². The first-order valence-corrected chi connectivity index (χ1v) is 6.07. The SMILES string of the molecule is CCOC(=O)C[C@H]1O[C@H](C(N)=O)C[C@@H](O)C1(C)C. The lowest BCUT2D eigenvalue weighted by Gasteiger charge is -2.44. The summed E-state index contributed by atoms with van der Waals surface area (Å²) in [6.07, 6.45) is -2.03. The van der Waals surface area contributed by atoms with E-state index in [0.717, 1.165) is 0 Å². The van der Waals surface area contributed by atoms with Crippen molar-refractivity contribution in [2.45, 2.75) is 51.9 Å². The number of hydrogen-bond donors (Lipinski definition) is 2. The van der Waals surface area contributed by atoms with Crippen LogP contribution in [0.25, 0.3) is 0 Å². The summed E-state index contributed by atoms with van der Waals surface area (Å²) >= 11 is 0. The zero-order valence-electron chi connectivity index (χ0n) is 11.0. The van der Waals surface area contributed by atoms with Crippen LogP contribution in [0.3, 0.4) is 0 Å². The molecule has 1 amide bonds. The molecule has 1 saturated heterocycles. The molecule has 3 atom stereocenters. The highest BCUT2D eigenvalue weighted by molar-refractivity contribution is 5.79. The average molecular weight is 259 g/mol.